The Kier molecular flexibility index (Phi) is 5.02. The molecule has 0 aromatic carbocycles. The van der Waals surface area contributed by atoms with Gasteiger partial charge < -0.3 is 15.7 Å². The SMILES string of the molecule is CCC(C)C(N)C(=O)N(C)c1snc(C)c1C(=O)O. The first-order chi connectivity index (χ1) is 8.81. The molecule has 1 amide bonds. The van der Waals surface area contributed by atoms with E-state index in [2.05, 4.69) is 4.37 Å². The lowest BCUT2D eigenvalue weighted by Gasteiger charge is -2.23. The molecule has 0 saturated heterocycles. The summed E-state index contributed by atoms with van der Waals surface area (Å²) in [6.45, 7) is 5.46. The zero-order chi connectivity index (χ0) is 14.7. The Hall–Kier alpha value is -1.47. The van der Waals surface area contributed by atoms with Crippen LogP contribution < -0.4 is 10.6 Å². The molecule has 0 bridgehead atoms. The molecule has 3 N–H and O–H groups in total. The van der Waals surface area contributed by atoms with E-state index in [1.807, 2.05) is 13.8 Å². The van der Waals surface area contributed by atoms with Gasteiger partial charge in [0.25, 0.3) is 0 Å². The molecule has 1 aromatic rings. The third-order valence-corrected chi connectivity index (χ3v) is 4.25. The standard InChI is InChI=1S/C12H19N3O3S/c1-5-6(2)9(13)10(16)15(4)11-8(12(17)18)7(3)14-19-11/h6,9H,5,13H2,1-4H3,(H,17,18). The summed E-state index contributed by atoms with van der Waals surface area (Å²) in [4.78, 5) is 24.7. The summed E-state index contributed by atoms with van der Waals surface area (Å²) < 4.78 is 3.99. The molecule has 19 heavy (non-hydrogen) atoms. The number of nitrogens with two attached hydrogens (primary N) is 1. The van der Waals surface area contributed by atoms with Crippen molar-refractivity contribution < 1.29 is 14.7 Å². The average Bonchev–Trinajstić information content (AvgIpc) is 2.77. The smallest absolute Gasteiger partial charge is 0.340 e. The number of carboxylic acid groups (broad SMARTS) is 1. The van der Waals surface area contributed by atoms with Gasteiger partial charge in [-0.25, -0.2) is 4.79 Å². The summed E-state index contributed by atoms with van der Waals surface area (Å²) >= 11 is 0.996. The van der Waals surface area contributed by atoms with E-state index in [4.69, 9.17) is 10.8 Å². The minimum Gasteiger partial charge on any atom is -0.478 e. The Labute approximate surface area is 116 Å². The van der Waals surface area contributed by atoms with Crippen molar-refractivity contribution in [1.82, 2.24) is 4.37 Å². The van der Waals surface area contributed by atoms with Crippen LogP contribution in [0.1, 0.15) is 36.3 Å². The zero-order valence-electron chi connectivity index (χ0n) is 11.5. The minimum atomic E-state index is -1.09. The van der Waals surface area contributed by atoms with E-state index < -0.39 is 12.0 Å². The van der Waals surface area contributed by atoms with Gasteiger partial charge in [-0.2, -0.15) is 4.37 Å². The summed E-state index contributed by atoms with van der Waals surface area (Å²) in [5, 5.41) is 9.49. The molecular weight excluding hydrogens is 266 g/mol. The second kappa shape index (κ2) is 6.12. The molecule has 0 aliphatic carbocycles. The van der Waals surface area contributed by atoms with Crippen LogP contribution in [0, 0.1) is 12.8 Å². The minimum absolute atomic E-state index is 0.0391. The van der Waals surface area contributed by atoms with Crippen LogP contribution in [0.25, 0.3) is 0 Å². The third kappa shape index (κ3) is 3.10. The lowest BCUT2D eigenvalue weighted by molar-refractivity contribution is -0.120. The lowest BCUT2D eigenvalue weighted by atomic mass is 9.99. The van der Waals surface area contributed by atoms with Gasteiger partial charge in [-0.05, 0) is 24.4 Å². The Morgan fingerprint density at radius 1 is 1.53 bits per heavy atom. The van der Waals surface area contributed by atoms with Crippen LogP contribution in [0.5, 0.6) is 0 Å². The van der Waals surface area contributed by atoms with Crippen molar-refractivity contribution in [2.24, 2.45) is 11.7 Å². The van der Waals surface area contributed by atoms with Gasteiger partial charge in [0.15, 0.2) is 0 Å². The molecule has 0 aliphatic rings. The molecule has 0 saturated carbocycles. The van der Waals surface area contributed by atoms with Crippen LogP contribution >= 0.6 is 11.5 Å². The van der Waals surface area contributed by atoms with Crippen LogP contribution in [0.3, 0.4) is 0 Å². The second-order valence-electron chi connectivity index (χ2n) is 4.56. The van der Waals surface area contributed by atoms with E-state index in [1.165, 1.54) is 11.9 Å². The number of likely N-dealkylation sites (N-methyl/N-ethyl adjacent to an activating group) is 1. The molecule has 1 heterocycles. The maximum Gasteiger partial charge on any atom is 0.340 e. The molecule has 1 rings (SSSR count). The van der Waals surface area contributed by atoms with Gasteiger partial charge in [-0.3, -0.25) is 4.79 Å². The Bertz CT molecular complexity index is 487. The number of carbonyl (C=O) groups is 2. The van der Waals surface area contributed by atoms with Gasteiger partial charge in [-0.15, -0.1) is 0 Å². The van der Waals surface area contributed by atoms with E-state index in [0.29, 0.717) is 10.7 Å². The van der Waals surface area contributed by atoms with Crippen LogP contribution in [0.4, 0.5) is 5.00 Å². The van der Waals surface area contributed by atoms with Crippen molar-refractivity contribution >= 4 is 28.4 Å². The van der Waals surface area contributed by atoms with Crippen LogP contribution in [-0.2, 0) is 4.79 Å². The molecular formula is C12H19N3O3S. The van der Waals surface area contributed by atoms with E-state index in [-0.39, 0.29) is 17.4 Å². The number of aromatic carboxylic acids is 1. The van der Waals surface area contributed by atoms with Gasteiger partial charge in [0.05, 0.1) is 11.7 Å². The second-order valence-corrected chi connectivity index (χ2v) is 5.31. The molecule has 1 aromatic heterocycles. The number of rotatable bonds is 5. The number of carboxylic acids is 1. The number of amides is 1. The van der Waals surface area contributed by atoms with Crippen LogP contribution in [0.2, 0.25) is 0 Å². The maximum atomic E-state index is 12.2. The van der Waals surface area contributed by atoms with Gasteiger partial charge in [-0.1, -0.05) is 20.3 Å². The first-order valence-electron chi connectivity index (χ1n) is 6.03. The van der Waals surface area contributed by atoms with Gasteiger partial charge in [0.1, 0.15) is 10.6 Å². The van der Waals surface area contributed by atoms with E-state index >= 15 is 0 Å². The van der Waals surface area contributed by atoms with Gasteiger partial charge in [0, 0.05) is 7.05 Å². The molecule has 0 fully saturated rings. The fourth-order valence-corrected chi connectivity index (χ4v) is 2.51. The van der Waals surface area contributed by atoms with Crippen molar-refractivity contribution in [3.05, 3.63) is 11.3 Å². The normalized spacial score (nSPS) is 13.9. The Morgan fingerprint density at radius 3 is 2.58 bits per heavy atom. The number of aromatic nitrogens is 1. The summed E-state index contributed by atoms with van der Waals surface area (Å²) in [7, 11) is 1.53. The summed E-state index contributed by atoms with van der Waals surface area (Å²) in [6, 6.07) is -0.640. The molecule has 7 heteroatoms. The monoisotopic (exact) mass is 285 g/mol. The molecule has 0 radical (unpaired) electrons. The van der Waals surface area contributed by atoms with E-state index in [0.717, 1.165) is 18.0 Å². The molecule has 6 nitrogen and oxygen atoms in total. The van der Waals surface area contributed by atoms with Gasteiger partial charge >= 0.3 is 5.97 Å². The molecule has 2 unspecified atom stereocenters. The van der Waals surface area contributed by atoms with E-state index in [1.54, 1.807) is 6.92 Å². The van der Waals surface area contributed by atoms with Gasteiger partial charge in [0.2, 0.25) is 5.91 Å². The first-order valence-corrected chi connectivity index (χ1v) is 6.81. The molecule has 2 atom stereocenters. The molecule has 106 valence electrons. The molecule has 0 aliphatic heterocycles. The summed E-state index contributed by atoms with van der Waals surface area (Å²) in [6.07, 6.45) is 0.786. The highest BCUT2D eigenvalue weighted by atomic mass is 32.1. The number of anilines is 1. The largest absolute Gasteiger partial charge is 0.478 e. The van der Waals surface area contributed by atoms with Crippen LogP contribution in [0.15, 0.2) is 0 Å². The highest BCUT2D eigenvalue weighted by molar-refractivity contribution is 7.11. The number of nitrogens with zero attached hydrogens (tertiary/aromatic N) is 2. The first kappa shape index (κ1) is 15.6. The third-order valence-electron chi connectivity index (χ3n) is 3.24. The van der Waals surface area contributed by atoms with Crippen molar-refractivity contribution in [1.29, 1.82) is 0 Å². The van der Waals surface area contributed by atoms with Crippen molar-refractivity contribution in [2.75, 3.05) is 11.9 Å². The number of hydrogen-bond donors (Lipinski definition) is 2. The maximum absolute atomic E-state index is 12.2. The lowest BCUT2D eigenvalue weighted by Crippen LogP contribution is -2.45. The fourth-order valence-electron chi connectivity index (χ4n) is 1.65. The number of hydrogen-bond acceptors (Lipinski definition) is 5. The molecule has 0 spiro atoms. The highest BCUT2D eigenvalue weighted by Crippen LogP contribution is 2.28. The Morgan fingerprint density at radius 2 is 2.11 bits per heavy atom. The summed E-state index contributed by atoms with van der Waals surface area (Å²) in [5.41, 5.74) is 6.36. The number of carbonyl (C=O) groups excluding carboxylic acids is 1. The van der Waals surface area contributed by atoms with Crippen molar-refractivity contribution in [2.45, 2.75) is 33.2 Å². The van der Waals surface area contributed by atoms with E-state index in [9.17, 15) is 9.59 Å². The van der Waals surface area contributed by atoms with Crippen molar-refractivity contribution in [3.8, 4) is 0 Å². The summed E-state index contributed by atoms with van der Waals surface area (Å²) in [5.74, 6) is -1.34. The predicted molar refractivity (Wildman–Crippen MR) is 74.7 cm³/mol. The highest BCUT2D eigenvalue weighted by Gasteiger charge is 2.28. The van der Waals surface area contributed by atoms with Crippen molar-refractivity contribution in [3.63, 3.8) is 0 Å². The quantitative estimate of drug-likeness (QED) is 0.854. The number of aryl methyl sites for hydroxylation is 1. The average molecular weight is 285 g/mol. The van der Waals surface area contributed by atoms with Crippen LogP contribution in [-0.4, -0.2) is 34.4 Å². The predicted octanol–water partition coefficient (Wildman–Crippen LogP) is 1.49. The topological polar surface area (TPSA) is 96.5 Å². The fraction of sp³-hybridized carbons (Fsp3) is 0.583. The zero-order valence-corrected chi connectivity index (χ0v) is 12.3. The Balaban J connectivity index is 3.04.